The maximum Gasteiger partial charge on any atom is 0.174 e. The summed E-state index contributed by atoms with van der Waals surface area (Å²) < 4.78 is 0. The Morgan fingerprint density at radius 3 is 1.95 bits per heavy atom. The average Bonchev–Trinajstić information content (AvgIpc) is 2.70. The summed E-state index contributed by atoms with van der Waals surface area (Å²) in [4.78, 5) is 24.8. The Hall–Kier alpha value is -1.96. The molecular weight excluding hydrogens is 248 g/mol. The van der Waals surface area contributed by atoms with E-state index < -0.39 is 5.92 Å². The molecule has 0 bridgehead atoms. The quantitative estimate of drug-likeness (QED) is 0.606. The molecular formula is C18H18O2. The van der Waals surface area contributed by atoms with E-state index in [0.29, 0.717) is 17.5 Å². The summed E-state index contributed by atoms with van der Waals surface area (Å²) in [5.74, 6) is -0.396. The smallest absolute Gasteiger partial charge is 0.174 e. The highest BCUT2D eigenvalue weighted by Gasteiger charge is 2.37. The van der Waals surface area contributed by atoms with Crippen LogP contribution in [0.15, 0.2) is 36.4 Å². The molecule has 0 saturated heterocycles. The van der Waals surface area contributed by atoms with E-state index in [4.69, 9.17) is 0 Å². The van der Waals surface area contributed by atoms with Gasteiger partial charge in [-0.15, -0.1) is 0 Å². The highest BCUT2D eigenvalue weighted by molar-refractivity contribution is 6.27. The number of carbonyl (C=O) groups is 2. The SMILES string of the molecule is CCCCCC1C(=O)c2cc3ccccc3cc2C1=O. The molecule has 0 unspecified atom stereocenters. The summed E-state index contributed by atoms with van der Waals surface area (Å²) in [6, 6.07) is 11.6. The van der Waals surface area contributed by atoms with Gasteiger partial charge >= 0.3 is 0 Å². The third-order valence-electron chi connectivity index (χ3n) is 4.15. The number of fused-ring (bicyclic) bond motifs is 2. The second-order valence-electron chi connectivity index (χ2n) is 5.52. The van der Waals surface area contributed by atoms with Gasteiger partial charge in [0.25, 0.3) is 0 Å². The van der Waals surface area contributed by atoms with E-state index >= 15 is 0 Å². The van der Waals surface area contributed by atoms with Crippen LogP contribution in [-0.4, -0.2) is 11.6 Å². The Balaban J connectivity index is 1.98. The van der Waals surface area contributed by atoms with Crippen molar-refractivity contribution in [3.05, 3.63) is 47.5 Å². The molecule has 2 heteroatoms. The average molecular weight is 266 g/mol. The third kappa shape index (κ3) is 2.05. The zero-order chi connectivity index (χ0) is 14.1. The monoisotopic (exact) mass is 266 g/mol. The van der Waals surface area contributed by atoms with Crippen LogP contribution in [0.1, 0.15) is 53.3 Å². The molecule has 2 nitrogen and oxygen atoms in total. The summed E-state index contributed by atoms with van der Waals surface area (Å²) in [7, 11) is 0. The van der Waals surface area contributed by atoms with Gasteiger partial charge in [0.1, 0.15) is 0 Å². The molecule has 0 amide bonds. The first-order valence-electron chi connectivity index (χ1n) is 7.33. The lowest BCUT2D eigenvalue weighted by Gasteiger charge is -2.05. The lowest BCUT2D eigenvalue weighted by atomic mass is 9.96. The highest BCUT2D eigenvalue weighted by atomic mass is 16.2. The van der Waals surface area contributed by atoms with E-state index in [-0.39, 0.29) is 11.6 Å². The van der Waals surface area contributed by atoms with Crippen molar-refractivity contribution in [1.82, 2.24) is 0 Å². The molecule has 102 valence electrons. The summed E-state index contributed by atoms with van der Waals surface area (Å²) >= 11 is 0. The largest absolute Gasteiger partial charge is 0.293 e. The van der Waals surface area contributed by atoms with E-state index in [1.165, 1.54) is 0 Å². The van der Waals surface area contributed by atoms with Gasteiger partial charge in [0, 0.05) is 11.1 Å². The van der Waals surface area contributed by atoms with Crippen molar-refractivity contribution in [3.63, 3.8) is 0 Å². The Morgan fingerprint density at radius 1 is 0.900 bits per heavy atom. The van der Waals surface area contributed by atoms with Crippen molar-refractivity contribution in [3.8, 4) is 0 Å². The van der Waals surface area contributed by atoms with Crippen molar-refractivity contribution < 1.29 is 9.59 Å². The van der Waals surface area contributed by atoms with Crippen molar-refractivity contribution in [2.45, 2.75) is 32.6 Å². The zero-order valence-electron chi connectivity index (χ0n) is 11.7. The summed E-state index contributed by atoms with van der Waals surface area (Å²) in [6.45, 7) is 2.12. The fourth-order valence-corrected chi connectivity index (χ4v) is 3.00. The van der Waals surface area contributed by atoms with Crippen molar-refractivity contribution in [2.75, 3.05) is 0 Å². The molecule has 3 rings (SSSR count). The maximum atomic E-state index is 12.4. The lowest BCUT2D eigenvalue weighted by molar-refractivity contribution is 0.0829. The summed E-state index contributed by atoms with van der Waals surface area (Å²) in [5.41, 5.74) is 1.24. The molecule has 2 aromatic rings. The minimum absolute atomic E-state index is 0.0202. The molecule has 0 saturated carbocycles. The molecule has 0 aromatic heterocycles. The predicted octanol–water partition coefficient (Wildman–Crippen LogP) is 4.42. The van der Waals surface area contributed by atoms with Gasteiger partial charge in [0.05, 0.1) is 5.92 Å². The molecule has 0 radical (unpaired) electrons. The fraction of sp³-hybridized carbons (Fsp3) is 0.333. The predicted molar refractivity (Wildman–Crippen MR) is 80.2 cm³/mol. The van der Waals surface area contributed by atoms with Gasteiger partial charge in [-0.1, -0.05) is 50.5 Å². The van der Waals surface area contributed by atoms with Crippen molar-refractivity contribution >= 4 is 22.3 Å². The molecule has 0 aliphatic heterocycles. The number of carbonyl (C=O) groups excluding carboxylic acids is 2. The van der Waals surface area contributed by atoms with Gasteiger partial charge in [-0.05, 0) is 29.3 Å². The molecule has 20 heavy (non-hydrogen) atoms. The molecule has 0 spiro atoms. The van der Waals surface area contributed by atoms with E-state index in [2.05, 4.69) is 6.92 Å². The number of hydrogen-bond acceptors (Lipinski definition) is 2. The Kier molecular flexibility index (Phi) is 3.39. The third-order valence-corrected chi connectivity index (χ3v) is 4.15. The Morgan fingerprint density at radius 2 is 1.45 bits per heavy atom. The first-order valence-corrected chi connectivity index (χ1v) is 7.33. The van der Waals surface area contributed by atoms with Gasteiger partial charge in [0.2, 0.25) is 0 Å². The maximum absolute atomic E-state index is 12.4. The number of unbranched alkanes of at least 4 members (excludes halogenated alkanes) is 2. The van der Waals surface area contributed by atoms with Gasteiger partial charge in [-0.3, -0.25) is 9.59 Å². The summed E-state index contributed by atoms with van der Waals surface area (Å²) in [5, 5.41) is 2.06. The first-order chi connectivity index (χ1) is 9.72. The van der Waals surface area contributed by atoms with E-state index in [0.717, 1.165) is 30.0 Å². The molecule has 0 heterocycles. The number of hydrogen-bond donors (Lipinski definition) is 0. The van der Waals surface area contributed by atoms with Crippen LogP contribution in [0.4, 0.5) is 0 Å². The molecule has 0 N–H and O–H groups in total. The standard InChI is InChI=1S/C18H18O2/c1-2-3-4-9-14-17(19)15-10-12-7-5-6-8-13(12)11-16(15)18(14)20/h5-8,10-11,14H,2-4,9H2,1H3. The van der Waals surface area contributed by atoms with Crippen LogP contribution in [0.2, 0.25) is 0 Å². The fourth-order valence-electron chi connectivity index (χ4n) is 3.00. The van der Waals surface area contributed by atoms with Crippen molar-refractivity contribution in [1.29, 1.82) is 0 Å². The van der Waals surface area contributed by atoms with Crippen molar-refractivity contribution in [2.24, 2.45) is 5.92 Å². The van der Waals surface area contributed by atoms with Crippen LogP contribution in [0.3, 0.4) is 0 Å². The summed E-state index contributed by atoms with van der Waals surface area (Å²) in [6.07, 6.45) is 3.82. The Bertz CT molecular complexity index is 630. The topological polar surface area (TPSA) is 34.1 Å². The van der Waals surface area contributed by atoms with E-state index in [1.807, 2.05) is 36.4 Å². The molecule has 0 fully saturated rings. The molecule has 2 aromatic carbocycles. The Labute approximate surface area is 118 Å². The minimum atomic E-state index is -0.437. The molecule has 1 aliphatic carbocycles. The van der Waals surface area contributed by atoms with Crippen LogP contribution in [0.25, 0.3) is 10.8 Å². The second kappa shape index (κ2) is 5.20. The van der Waals surface area contributed by atoms with Crippen LogP contribution in [0.5, 0.6) is 0 Å². The van der Waals surface area contributed by atoms with Crippen LogP contribution in [-0.2, 0) is 0 Å². The zero-order valence-corrected chi connectivity index (χ0v) is 11.7. The van der Waals surface area contributed by atoms with Crippen LogP contribution >= 0.6 is 0 Å². The normalized spacial score (nSPS) is 15.1. The van der Waals surface area contributed by atoms with E-state index in [1.54, 1.807) is 0 Å². The number of rotatable bonds is 4. The first kappa shape index (κ1) is 13.0. The van der Waals surface area contributed by atoms with Gasteiger partial charge < -0.3 is 0 Å². The number of ketones is 2. The number of benzene rings is 2. The molecule has 1 aliphatic rings. The second-order valence-corrected chi connectivity index (χ2v) is 5.52. The minimum Gasteiger partial charge on any atom is -0.293 e. The highest BCUT2D eigenvalue weighted by Crippen LogP contribution is 2.33. The van der Waals surface area contributed by atoms with Gasteiger partial charge in [-0.25, -0.2) is 0 Å². The lowest BCUT2D eigenvalue weighted by Crippen LogP contribution is -2.14. The van der Waals surface area contributed by atoms with Gasteiger partial charge in [-0.2, -0.15) is 0 Å². The molecule has 0 atom stereocenters. The van der Waals surface area contributed by atoms with E-state index in [9.17, 15) is 9.59 Å². The van der Waals surface area contributed by atoms with Crippen LogP contribution in [0, 0.1) is 5.92 Å². The number of Topliss-reactive ketones (excluding diaryl/α,β-unsaturated/α-hetero) is 2. The van der Waals surface area contributed by atoms with Gasteiger partial charge in [0.15, 0.2) is 11.6 Å². The van der Waals surface area contributed by atoms with Crippen LogP contribution < -0.4 is 0 Å².